The highest BCUT2D eigenvalue weighted by Crippen LogP contribution is 2.09. The summed E-state index contributed by atoms with van der Waals surface area (Å²) in [5.41, 5.74) is 0. The standard InChI is InChI=1S/C16H32O2/c1-2-3-4-5-6-7-8-9-10-11-12-13-14-15-16(17)18/h7-8,16-18H,2-6,9-15H2,1H3/b8-7+. The summed E-state index contributed by atoms with van der Waals surface area (Å²) < 4.78 is 0. The molecule has 0 radical (unpaired) electrons. The molecule has 0 heterocycles. The third-order valence-corrected chi connectivity index (χ3v) is 3.22. The molecule has 0 atom stereocenters. The molecule has 0 bridgehead atoms. The Morgan fingerprint density at radius 3 is 1.78 bits per heavy atom. The maximum atomic E-state index is 8.68. The van der Waals surface area contributed by atoms with E-state index in [4.69, 9.17) is 10.2 Å². The molecular formula is C16H32O2. The summed E-state index contributed by atoms with van der Waals surface area (Å²) in [5, 5.41) is 17.4. The maximum Gasteiger partial charge on any atom is 0.151 e. The van der Waals surface area contributed by atoms with E-state index in [2.05, 4.69) is 19.1 Å². The first-order valence-corrected chi connectivity index (χ1v) is 7.78. The van der Waals surface area contributed by atoms with E-state index in [1.54, 1.807) is 0 Å². The predicted molar refractivity (Wildman–Crippen MR) is 78.4 cm³/mol. The quantitative estimate of drug-likeness (QED) is 0.288. The molecule has 0 rings (SSSR count). The van der Waals surface area contributed by atoms with E-state index in [-0.39, 0.29) is 0 Å². The first-order valence-electron chi connectivity index (χ1n) is 7.78. The van der Waals surface area contributed by atoms with Crippen LogP contribution in [0, 0.1) is 0 Å². The molecule has 2 heteroatoms. The average molecular weight is 256 g/mol. The van der Waals surface area contributed by atoms with Gasteiger partial charge in [-0.3, -0.25) is 0 Å². The molecule has 0 aromatic rings. The van der Waals surface area contributed by atoms with E-state index < -0.39 is 6.29 Å². The Morgan fingerprint density at radius 2 is 1.22 bits per heavy atom. The van der Waals surface area contributed by atoms with Gasteiger partial charge >= 0.3 is 0 Å². The van der Waals surface area contributed by atoms with Crippen molar-refractivity contribution in [1.82, 2.24) is 0 Å². The van der Waals surface area contributed by atoms with Gasteiger partial charge in [-0.2, -0.15) is 0 Å². The molecule has 0 spiro atoms. The van der Waals surface area contributed by atoms with Crippen LogP contribution >= 0.6 is 0 Å². The number of hydrogen-bond acceptors (Lipinski definition) is 2. The van der Waals surface area contributed by atoms with Crippen molar-refractivity contribution in [2.24, 2.45) is 0 Å². The van der Waals surface area contributed by atoms with Crippen molar-refractivity contribution in [2.45, 2.75) is 90.3 Å². The second-order valence-electron chi connectivity index (χ2n) is 5.15. The molecule has 0 fully saturated rings. The van der Waals surface area contributed by atoms with Crippen molar-refractivity contribution in [3.8, 4) is 0 Å². The highest BCUT2D eigenvalue weighted by atomic mass is 16.5. The lowest BCUT2D eigenvalue weighted by Crippen LogP contribution is -2.02. The summed E-state index contributed by atoms with van der Waals surface area (Å²) in [6.07, 6.45) is 17.7. The largest absolute Gasteiger partial charge is 0.368 e. The minimum absolute atomic E-state index is 0.525. The smallest absolute Gasteiger partial charge is 0.151 e. The Morgan fingerprint density at radius 1 is 0.722 bits per heavy atom. The first kappa shape index (κ1) is 17.7. The summed E-state index contributed by atoms with van der Waals surface area (Å²) in [6.45, 7) is 2.25. The zero-order valence-electron chi connectivity index (χ0n) is 12.1. The molecule has 18 heavy (non-hydrogen) atoms. The fraction of sp³-hybridized carbons (Fsp3) is 0.875. The van der Waals surface area contributed by atoms with Crippen LogP contribution in [0.25, 0.3) is 0 Å². The summed E-state index contributed by atoms with van der Waals surface area (Å²) in [6, 6.07) is 0. The Balaban J connectivity index is 3.04. The normalized spacial score (nSPS) is 11.8. The number of rotatable bonds is 13. The number of aliphatic hydroxyl groups is 2. The molecule has 2 N–H and O–H groups in total. The van der Waals surface area contributed by atoms with Gasteiger partial charge in [-0.15, -0.1) is 0 Å². The van der Waals surface area contributed by atoms with E-state index >= 15 is 0 Å². The molecule has 108 valence electrons. The van der Waals surface area contributed by atoms with Crippen LogP contribution in [0.3, 0.4) is 0 Å². The summed E-state index contributed by atoms with van der Waals surface area (Å²) >= 11 is 0. The van der Waals surface area contributed by atoms with Crippen molar-refractivity contribution < 1.29 is 10.2 Å². The molecule has 2 nitrogen and oxygen atoms in total. The zero-order valence-corrected chi connectivity index (χ0v) is 12.1. The van der Waals surface area contributed by atoms with Gasteiger partial charge in [0.05, 0.1) is 0 Å². The average Bonchev–Trinajstić information content (AvgIpc) is 2.34. The van der Waals surface area contributed by atoms with Crippen LogP contribution in [0.5, 0.6) is 0 Å². The Kier molecular flexibility index (Phi) is 14.4. The van der Waals surface area contributed by atoms with Crippen LogP contribution in [0.2, 0.25) is 0 Å². The minimum atomic E-state index is -1.11. The molecule has 0 aliphatic rings. The lowest BCUT2D eigenvalue weighted by atomic mass is 10.1. The van der Waals surface area contributed by atoms with Gasteiger partial charge in [0.2, 0.25) is 0 Å². The van der Waals surface area contributed by atoms with Gasteiger partial charge < -0.3 is 10.2 Å². The molecule has 0 aliphatic heterocycles. The van der Waals surface area contributed by atoms with Gasteiger partial charge in [0.25, 0.3) is 0 Å². The van der Waals surface area contributed by atoms with Crippen molar-refractivity contribution in [1.29, 1.82) is 0 Å². The monoisotopic (exact) mass is 256 g/mol. The van der Waals surface area contributed by atoms with Crippen molar-refractivity contribution >= 4 is 0 Å². The number of unbranched alkanes of at least 4 members (excludes halogenated alkanes) is 9. The SMILES string of the molecule is CCCCCC/C=C/CCCCCCCC(O)O. The van der Waals surface area contributed by atoms with Gasteiger partial charge in [0.15, 0.2) is 6.29 Å². The van der Waals surface area contributed by atoms with E-state index in [9.17, 15) is 0 Å². The van der Waals surface area contributed by atoms with Crippen LogP contribution in [0.1, 0.15) is 84.0 Å². The highest BCUT2D eigenvalue weighted by Gasteiger charge is 1.96. The van der Waals surface area contributed by atoms with Crippen LogP contribution < -0.4 is 0 Å². The number of aliphatic hydroxyl groups excluding tert-OH is 1. The Bertz CT molecular complexity index is 176. The predicted octanol–water partition coefficient (Wildman–Crippen LogP) is 4.55. The van der Waals surface area contributed by atoms with Gasteiger partial charge in [0.1, 0.15) is 0 Å². The molecule has 0 saturated carbocycles. The Hall–Kier alpha value is -0.340. The van der Waals surface area contributed by atoms with Crippen molar-refractivity contribution in [3.05, 3.63) is 12.2 Å². The molecule has 0 amide bonds. The molecular weight excluding hydrogens is 224 g/mol. The summed E-state index contributed by atoms with van der Waals surface area (Å²) in [5.74, 6) is 0. The van der Waals surface area contributed by atoms with E-state index in [0.717, 1.165) is 12.8 Å². The fourth-order valence-corrected chi connectivity index (χ4v) is 2.04. The van der Waals surface area contributed by atoms with Gasteiger partial charge in [-0.05, 0) is 38.5 Å². The molecule has 0 aromatic carbocycles. The topological polar surface area (TPSA) is 40.5 Å². The van der Waals surface area contributed by atoms with Crippen molar-refractivity contribution in [3.63, 3.8) is 0 Å². The maximum absolute atomic E-state index is 8.68. The van der Waals surface area contributed by atoms with Gasteiger partial charge in [0, 0.05) is 0 Å². The van der Waals surface area contributed by atoms with Crippen LogP contribution in [0.15, 0.2) is 12.2 Å². The van der Waals surface area contributed by atoms with E-state index in [1.807, 2.05) is 0 Å². The zero-order chi connectivity index (χ0) is 13.5. The first-order chi connectivity index (χ1) is 8.77. The van der Waals surface area contributed by atoms with Crippen LogP contribution in [-0.2, 0) is 0 Å². The molecule has 0 saturated heterocycles. The third-order valence-electron chi connectivity index (χ3n) is 3.22. The molecule has 0 aliphatic carbocycles. The van der Waals surface area contributed by atoms with Crippen LogP contribution in [-0.4, -0.2) is 16.5 Å². The lowest BCUT2D eigenvalue weighted by molar-refractivity contribution is -0.0466. The van der Waals surface area contributed by atoms with Crippen LogP contribution in [0.4, 0.5) is 0 Å². The molecule has 0 aromatic heterocycles. The lowest BCUT2D eigenvalue weighted by Gasteiger charge is -2.02. The Labute approximate surface area is 113 Å². The summed E-state index contributed by atoms with van der Waals surface area (Å²) in [4.78, 5) is 0. The van der Waals surface area contributed by atoms with Gasteiger partial charge in [-0.25, -0.2) is 0 Å². The second-order valence-corrected chi connectivity index (χ2v) is 5.15. The number of hydrogen-bond donors (Lipinski definition) is 2. The van der Waals surface area contributed by atoms with Gasteiger partial charge in [-0.1, -0.05) is 57.6 Å². The summed E-state index contributed by atoms with van der Waals surface area (Å²) in [7, 11) is 0. The van der Waals surface area contributed by atoms with Crippen molar-refractivity contribution in [2.75, 3.05) is 0 Å². The van der Waals surface area contributed by atoms with E-state index in [1.165, 1.54) is 57.8 Å². The number of allylic oxidation sites excluding steroid dienone is 2. The highest BCUT2D eigenvalue weighted by molar-refractivity contribution is 4.81. The fourth-order valence-electron chi connectivity index (χ4n) is 2.04. The van der Waals surface area contributed by atoms with E-state index in [0.29, 0.717) is 6.42 Å². The minimum Gasteiger partial charge on any atom is -0.368 e. The molecule has 0 unspecified atom stereocenters. The second kappa shape index (κ2) is 14.7. The third kappa shape index (κ3) is 15.7.